The van der Waals surface area contributed by atoms with Crippen LogP contribution in [-0.4, -0.2) is 23.4 Å². The van der Waals surface area contributed by atoms with Crippen LogP contribution >= 0.6 is 0 Å². The van der Waals surface area contributed by atoms with Crippen molar-refractivity contribution in [2.24, 2.45) is 0 Å². The third-order valence-electron chi connectivity index (χ3n) is 3.29. The fourth-order valence-electron chi connectivity index (χ4n) is 2.16. The van der Waals surface area contributed by atoms with Crippen molar-refractivity contribution >= 4 is 0 Å². The Kier molecular flexibility index (Phi) is 5.02. The summed E-state index contributed by atoms with van der Waals surface area (Å²) in [5.41, 5.74) is 2.45. The quantitative estimate of drug-likeness (QED) is 0.849. The highest BCUT2D eigenvalue weighted by molar-refractivity contribution is 5.31. The summed E-state index contributed by atoms with van der Waals surface area (Å²) < 4.78 is 5.34. The Bertz CT molecular complexity index is 517. The molecule has 0 radical (unpaired) electrons. The molecule has 0 saturated heterocycles. The van der Waals surface area contributed by atoms with Crippen molar-refractivity contribution in [1.82, 2.24) is 0 Å². The van der Waals surface area contributed by atoms with Crippen LogP contribution in [0.4, 0.5) is 0 Å². The number of phenolic OH excluding ortho intramolecular Hbond substituents is 1. The lowest BCUT2D eigenvalue weighted by Crippen LogP contribution is -2.02. The lowest BCUT2D eigenvalue weighted by Gasteiger charge is -2.12. The molecule has 20 heavy (non-hydrogen) atoms. The summed E-state index contributed by atoms with van der Waals surface area (Å²) in [5.74, 6) is 1.46. The molecular formula is C17H20O3. The third-order valence-corrected chi connectivity index (χ3v) is 3.29. The SMILES string of the molecule is CC(Cc1ccc(OCCO)cc1)c1ccc(O)cc1. The minimum absolute atomic E-state index is 0.0274. The number of hydrogen-bond acceptors (Lipinski definition) is 3. The summed E-state index contributed by atoms with van der Waals surface area (Å²) in [6, 6.07) is 15.3. The van der Waals surface area contributed by atoms with E-state index in [0.717, 1.165) is 12.2 Å². The van der Waals surface area contributed by atoms with Crippen molar-refractivity contribution in [3.05, 3.63) is 59.7 Å². The van der Waals surface area contributed by atoms with Gasteiger partial charge < -0.3 is 14.9 Å². The van der Waals surface area contributed by atoms with Crippen LogP contribution in [0.25, 0.3) is 0 Å². The maximum absolute atomic E-state index is 9.30. The van der Waals surface area contributed by atoms with E-state index in [9.17, 15) is 5.11 Å². The largest absolute Gasteiger partial charge is 0.508 e. The van der Waals surface area contributed by atoms with E-state index in [4.69, 9.17) is 9.84 Å². The van der Waals surface area contributed by atoms with Gasteiger partial charge >= 0.3 is 0 Å². The molecule has 2 aromatic rings. The highest BCUT2D eigenvalue weighted by atomic mass is 16.5. The van der Waals surface area contributed by atoms with E-state index in [1.165, 1.54) is 11.1 Å². The van der Waals surface area contributed by atoms with Gasteiger partial charge in [0.1, 0.15) is 18.1 Å². The molecule has 0 amide bonds. The first-order chi connectivity index (χ1) is 9.69. The predicted molar refractivity (Wildman–Crippen MR) is 79.2 cm³/mol. The normalized spacial score (nSPS) is 12.1. The molecule has 2 aromatic carbocycles. The second-order valence-corrected chi connectivity index (χ2v) is 4.91. The van der Waals surface area contributed by atoms with Gasteiger partial charge in [0.05, 0.1) is 6.61 Å². The molecule has 0 bridgehead atoms. The monoisotopic (exact) mass is 272 g/mol. The Labute approximate surface area is 119 Å². The Balaban J connectivity index is 1.97. The fraction of sp³-hybridized carbons (Fsp3) is 0.294. The van der Waals surface area contributed by atoms with Crippen LogP contribution < -0.4 is 4.74 Å². The number of benzene rings is 2. The Morgan fingerprint density at radius 2 is 1.65 bits per heavy atom. The number of ether oxygens (including phenoxy) is 1. The van der Waals surface area contributed by atoms with Gasteiger partial charge in [-0.1, -0.05) is 31.2 Å². The fourth-order valence-corrected chi connectivity index (χ4v) is 2.16. The van der Waals surface area contributed by atoms with E-state index in [-0.39, 0.29) is 6.61 Å². The number of aromatic hydroxyl groups is 1. The zero-order valence-corrected chi connectivity index (χ0v) is 11.6. The summed E-state index contributed by atoms with van der Waals surface area (Å²) in [6.45, 7) is 2.52. The highest BCUT2D eigenvalue weighted by Crippen LogP contribution is 2.23. The predicted octanol–water partition coefficient (Wildman–Crippen LogP) is 3.11. The van der Waals surface area contributed by atoms with Crippen molar-refractivity contribution in [2.75, 3.05) is 13.2 Å². The molecule has 3 nitrogen and oxygen atoms in total. The zero-order chi connectivity index (χ0) is 14.4. The second kappa shape index (κ2) is 6.96. The van der Waals surface area contributed by atoms with Crippen LogP contribution in [-0.2, 0) is 6.42 Å². The third kappa shape index (κ3) is 4.00. The Morgan fingerprint density at radius 3 is 2.25 bits per heavy atom. The molecule has 0 saturated carbocycles. The molecule has 0 aromatic heterocycles. The van der Waals surface area contributed by atoms with Gasteiger partial charge in [-0.2, -0.15) is 0 Å². The Morgan fingerprint density at radius 1 is 1.00 bits per heavy atom. The van der Waals surface area contributed by atoms with E-state index in [2.05, 4.69) is 6.92 Å². The summed E-state index contributed by atoms with van der Waals surface area (Å²) in [5, 5.41) is 18.0. The van der Waals surface area contributed by atoms with Crippen molar-refractivity contribution in [1.29, 1.82) is 0 Å². The van der Waals surface area contributed by atoms with E-state index in [1.54, 1.807) is 12.1 Å². The summed E-state index contributed by atoms with van der Waals surface area (Å²) in [4.78, 5) is 0. The van der Waals surface area contributed by atoms with E-state index in [1.807, 2.05) is 36.4 Å². The van der Waals surface area contributed by atoms with Crippen LogP contribution in [0.15, 0.2) is 48.5 Å². The van der Waals surface area contributed by atoms with E-state index >= 15 is 0 Å². The standard InChI is InChI=1S/C17H20O3/c1-13(15-4-6-16(19)7-5-15)12-14-2-8-17(9-3-14)20-11-10-18/h2-9,13,18-19H,10-12H2,1H3. The highest BCUT2D eigenvalue weighted by Gasteiger charge is 2.07. The average molecular weight is 272 g/mol. The molecule has 1 unspecified atom stereocenters. The molecular weight excluding hydrogens is 252 g/mol. The van der Waals surface area contributed by atoms with E-state index in [0.29, 0.717) is 18.3 Å². The second-order valence-electron chi connectivity index (χ2n) is 4.91. The van der Waals surface area contributed by atoms with E-state index < -0.39 is 0 Å². The van der Waals surface area contributed by atoms with Crippen molar-refractivity contribution < 1.29 is 14.9 Å². The minimum atomic E-state index is 0.0274. The molecule has 0 spiro atoms. The van der Waals surface area contributed by atoms with Crippen molar-refractivity contribution in [3.63, 3.8) is 0 Å². The van der Waals surface area contributed by atoms with Gasteiger partial charge in [-0.05, 0) is 47.7 Å². The van der Waals surface area contributed by atoms with Gasteiger partial charge in [0.15, 0.2) is 0 Å². The van der Waals surface area contributed by atoms with Crippen LogP contribution in [0, 0.1) is 0 Å². The minimum Gasteiger partial charge on any atom is -0.508 e. The molecule has 0 aliphatic carbocycles. The lowest BCUT2D eigenvalue weighted by atomic mass is 9.94. The summed E-state index contributed by atoms with van der Waals surface area (Å²) in [7, 11) is 0. The first kappa shape index (κ1) is 14.4. The topological polar surface area (TPSA) is 49.7 Å². The van der Waals surface area contributed by atoms with Crippen LogP contribution in [0.1, 0.15) is 24.0 Å². The number of hydrogen-bond donors (Lipinski definition) is 2. The molecule has 0 heterocycles. The summed E-state index contributed by atoms with van der Waals surface area (Å²) >= 11 is 0. The molecule has 0 aliphatic rings. The van der Waals surface area contributed by atoms with Crippen LogP contribution in [0.2, 0.25) is 0 Å². The molecule has 2 N–H and O–H groups in total. The van der Waals surface area contributed by atoms with Crippen molar-refractivity contribution in [3.8, 4) is 11.5 Å². The molecule has 2 rings (SSSR count). The molecule has 1 atom stereocenters. The van der Waals surface area contributed by atoms with Crippen molar-refractivity contribution in [2.45, 2.75) is 19.3 Å². The average Bonchev–Trinajstić information content (AvgIpc) is 2.47. The zero-order valence-electron chi connectivity index (χ0n) is 11.6. The lowest BCUT2D eigenvalue weighted by molar-refractivity contribution is 0.201. The number of rotatable bonds is 6. The first-order valence-corrected chi connectivity index (χ1v) is 6.80. The molecule has 0 aliphatic heterocycles. The van der Waals surface area contributed by atoms with Gasteiger partial charge in [-0.3, -0.25) is 0 Å². The van der Waals surface area contributed by atoms with Crippen LogP contribution in [0.3, 0.4) is 0 Å². The molecule has 3 heteroatoms. The smallest absolute Gasteiger partial charge is 0.119 e. The molecule has 106 valence electrons. The maximum Gasteiger partial charge on any atom is 0.119 e. The van der Waals surface area contributed by atoms with Gasteiger partial charge in [0.2, 0.25) is 0 Å². The number of aliphatic hydroxyl groups excluding tert-OH is 1. The first-order valence-electron chi connectivity index (χ1n) is 6.80. The molecule has 0 fully saturated rings. The maximum atomic E-state index is 9.30. The number of phenols is 1. The van der Waals surface area contributed by atoms with Gasteiger partial charge in [0, 0.05) is 0 Å². The Hall–Kier alpha value is -2.00. The van der Waals surface area contributed by atoms with Gasteiger partial charge in [-0.25, -0.2) is 0 Å². The summed E-state index contributed by atoms with van der Waals surface area (Å²) in [6.07, 6.45) is 0.936. The van der Waals surface area contributed by atoms with Crippen LogP contribution in [0.5, 0.6) is 11.5 Å². The van der Waals surface area contributed by atoms with Gasteiger partial charge in [0.25, 0.3) is 0 Å². The van der Waals surface area contributed by atoms with Gasteiger partial charge in [-0.15, -0.1) is 0 Å². The number of aliphatic hydroxyl groups is 1.